The predicted octanol–water partition coefficient (Wildman–Crippen LogP) is 2.80. The van der Waals surface area contributed by atoms with E-state index in [1.54, 1.807) is 0 Å². The zero-order valence-electron chi connectivity index (χ0n) is 7.77. The summed E-state index contributed by atoms with van der Waals surface area (Å²) in [6, 6.07) is 0. The van der Waals surface area contributed by atoms with Crippen molar-refractivity contribution < 1.29 is 9.13 Å². The lowest BCUT2D eigenvalue weighted by atomic mass is 9.96. The van der Waals surface area contributed by atoms with Crippen molar-refractivity contribution in [3.63, 3.8) is 0 Å². The number of hydrogen-bond donors (Lipinski definition) is 0. The SMILES string of the molecule is CC.CCC1CCOCC1F. The van der Waals surface area contributed by atoms with Gasteiger partial charge < -0.3 is 4.74 Å². The third-order valence-electron chi connectivity index (χ3n) is 1.95. The van der Waals surface area contributed by atoms with Gasteiger partial charge in [-0.2, -0.15) is 0 Å². The highest BCUT2D eigenvalue weighted by atomic mass is 19.1. The Labute approximate surface area is 68.9 Å². The third-order valence-corrected chi connectivity index (χ3v) is 1.95. The maximum Gasteiger partial charge on any atom is 0.126 e. The van der Waals surface area contributed by atoms with Gasteiger partial charge in [0.05, 0.1) is 6.61 Å². The van der Waals surface area contributed by atoms with Crippen molar-refractivity contribution in [1.29, 1.82) is 0 Å². The van der Waals surface area contributed by atoms with Crippen molar-refractivity contribution in [3.05, 3.63) is 0 Å². The van der Waals surface area contributed by atoms with Crippen LogP contribution in [-0.2, 0) is 4.74 Å². The molecule has 0 aromatic heterocycles. The van der Waals surface area contributed by atoms with Gasteiger partial charge in [-0.25, -0.2) is 4.39 Å². The molecule has 2 unspecified atom stereocenters. The van der Waals surface area contributed by atoms with Crippen LogP contribution in [0.25, 0.3) is 0 Å². The lowest BCUT2D eigenvalue weighted by Crippen LogP contribution is -2.28. The Hall–Kier alpha value is -0.110. The van der Waals surface area contributed by atoms with Crippen molar-refractivity contribution >= 4 is 0 Å². The molecule has 1 rings (SSSR count). The Bertz CT molecular complexity index is 85.6. The fourth-order valence-electron chi connectivity index (χ4n) is 1.21. The van der Waals surface area contributed by atoms with Crippen LogP contribution in [0.4, 0.5) is 4.39 Å². The molecule has 0 bridgehead atoms. The Morgan fingerprint density at radius 3 is 2.45 bits per heavy atom. The minimum absolute atomic E-state index is 0.263. The second-order valence-electron chi connectivity index (χ2n) is 2.55. The first kappa shape index (κ1) is 10.9. The van der Waals surface area contributed by atoms with E-state index in [0.29, 0.717) is 6.61 Å². The van der Waals surface area contributed by atoms with Crippen LogP contribution in [0.3, 0.4) is 0 Å². The van der Waals surface area contributed by atoms with Crippen LogP contribution >= 0.6 is 0 Å². The molecule has 2 atom stereocenters. The van der Waals surface area contributed by atoms with Gasteiger partial charge in [-0.1, -0.05) is 27.2 Å². The molecule has 1 fully saturated rings. The van der Waals surface area contributed by atoms with Gasteiger partial charge in [-0.3, -0.25) is 0 Å². The van der Waals surface area contributed by atoms with Gasteiger partial charge in [-0.05, 0) is 12.3 Å². The first-order valence-electron chi connectivity index (χ1n) is 4.56. The van der Waals surface area contributed by atoms with E-state index in [1.165, 1.54) is 0 Å². The molecule has 0 N–H and O–H groups in total. The summed E-state index contributed by atoms with van der Waals surface area (Å²) in [5, 5.41) is 0. The Morgan fingerprint density at radius 1 is 1.45 bits per heavy atom. The lowest BCUT2D eigenvalue weighted by Gasteiger charge is -2.24. The van der Waals surface area contributed by atoms with E-state index in [-0.39, 0.29) is 5.92 Å². The largest absolute Gasteiger partial charge is 0.378 e. The van der Waals surface area contributed by atoms with Gasteiger partial charge >= 0.3 is 0 Å². The lowest BCUT2D eigenvalue weighted by molar-refractivity contribution is -0.00242. The minimum atomic E-state index is -0.705. The van der Waals surface area contributed by atoms with Crippen molar-refractivity contribution in [2.24, 2.45) is 5.92 Å². The summed E-state index contributed by atoms with van der Waals surface area (Å²) in [6.45, 7) is 7.10. The maximum atomic E-state index is 12.7. The number of ether oxygens (including phenoxy) is 1. The van der Waals surface area contributed by atoms with Gasteiger partial charge in [-0.15, -0.1) is 0 Å². The first-order chi connectivity index (χ1) is 5.34. The minimum Gasteiger partial charge on any atom is -0.378 e. The molecule has 1 aliphatic heterocycles. The van der Waals surface area contributed by atoms with Crippen LogP contribution in [0.2, 0.25) is 0 Å². The summed E-state index contributed by atoms with van der Waals surface area (Å²) in [5.74, 6) is 0.263. The second kappa shape index (κ2) is 6.59. The number of alkyl halides is 1. The predicted molar refractivity (Wildman–Crippen MR) is 45.5 cm³/mol. The Kier molecular flexibility index (Phi) is 6.52. The molecule has 0 saturated carbocycles. The third kappa shape index (κ3) is 3.71. The molecule has 0 amide bonds. The summed E-state index contributed by atoms with van der Waals surface area (Å²) in [6.07, 6.45) is 1.14. The van der Waals surface area contributed by atoms with E-state index in [9.17, 15) is 4.39 Å². The summed E-state index contributed by atoms with van der Waals surface area (Å²) in [5.41, 5.74) is 0. The fraction of sp³-hybridized carbons (Fsp3) is 1.00. The van der Waals surface area contributed by atoms with E-state index in [1.807, 2.05) is 20.8 Å². The number of halogens is 1. The van der Waals surface area contributed by atoms with Crippen LogP contribution in [-0.4, -0.2) is 19.4 Å². The topological polar surface area (TPSA) is 9.23 Å². The van der Waals surface area contributed by atoms with Gasteiger partial charge in [0, 0.05) is 6.61 Å². The van der Waals surface area contributed by atoms with Gasteiger partial charge in [0.2, 0.25) is 0 Å². The summed E-state index contributed by atoms with van der Waals surface area (Å²) >= 11 is 0. The molecule has 11 heavy (non-hydrogen) atoms. The molecule has 0 radical (unpaired) electrons. The van der Waals surface area contributed by atoms with Crippen molar-refractivity contribution in [1.82, 2.24) is 0 Å². The van der Waals surface area contributed by atoms with Crippen LogP contribution in [0.1, 0.15) is 33.6 Å². The van der Waals surface area contributed by atoms with E-state index < -0.39 is 6.17 Å². The zero-order valence-corrected chi connectivity index (χ0v) is 7.77. The maximum absolute atomic E-state index is 12.7. The standard InChI is InChI=1S/C7H13FO.C2H6/c1-2-6-3-4-9-5-7(6)8;1-2/h6-7H,2-5H2,1H3;1-2H3. The van der Waals surface area contributed by atoms with Crippen molar-refractivity contribution in [3.8, 4) is 0 Å². The average Bonchev–Trinajstić information content (AvgIpc) is 2.09. The van der Waals surface area contributed by atoms with Gasteiger partial charge in [0.25, 0.3) is 0 Å². The monoisotopic (exact) mass is 162 g/mol. The quantitative estimate of drug-likeness (QED) is 0.576. The zero-order chi connectivity index (χ0) is 8.69. The highest BCUT2D eigenvalue weighted by Crippen LogP contribution is 2.20. The normalized spacial score (nSPS) is 30.5. The molecule has 68 valence electrons. The Balaban J connectivity index is 0.000000461. The number of hydrogen-bond acceptors (Lipinski definition) is 1. The van der Waals surface area contributed by atoms with E-state index in [4.69, 9.17) is 4.74 Å². The second-order valence-corrected chi connectivity index (χ2v) is 2.55. The highest BCUT2D eigenvalue weighted by molar-refractivity contribution is 4.70. The Morgan fingerprint density at radius 2 is 2.09 bits per heavy atom. The summed E-state index contributed by atoms with van der Waals surface area (Å²) < 4.78 is 17.7. The van der Waals surface area contributed by atoms with Crippen LogP contribution in [0, 0.1) is 5.92 Å². The van der Waals surface area contributed by atoms with E-state index in [0.717, 1.165) is 19.4 Å². The molecule has 2 heteroatoms. The van der Waals surface area contributed by atoms with Gasteiger partial charge in [0.1, 0.15) is 6.17 Å². The fourth-order valence-corrected chi connectivity index (χ4v) is 1.21. The van der Waals surface area contributed by atoms with Gasteiger partial charge in [0.15, 0.2) is 0 Å². The molecule has 1 heterocycles. The number of rotatable bonds is 1. The molecular weight excluding hydrogens is 143 g/mol. The summed E-state index contributed by atoms with van der Waals surface area (Å²) in [4.78, 5) is 0. The molecule has 1 nitrogen and oxygen atoms in total. The highest BCUT2D eigenvalue weighted by Gasteiger charge is 2.22. The molecule has 0 aliphatic carbocycles. The summed E-state index contributed by atoms with van der Waals surface area (Å²) in [7, 11) is 0. The first-order valence-corrected chi connectivity index (χ1v) is 4.56. The smallest absolute Gasteiger partial charge is 0.126 e. The molecular formula is C9H19FO. The molecule has 0 aromatic carbocycles. The molecule has 1 saturated heterocycles. The van der Waals surface area contributed by atoms with E-state index in [2.05, 4.69) is 0 Å². The van der Waals surface area contributed by atoms with E-state index >= 15 is 0 Å². The average molecular weight is 162 g/mol. The molecule has 0 aromatic rings. The van der Waals surface area contributed by atoms with Crippen LogP contribution in [0.5, 0.6) is 0 Å². The van der Waals surface area contributed by atoms with Crippen molar-refractivity contribution in [2.45, 2.75) is 39.8 Å². The molecule has 0 spiro atoms. The molecule has 1 aliphatic rings. The van der Waals surface area contributed by atoms with Crippen molar-refractivity contribution in [2.75, 3.05) is 13.2 Å². The van der Waals surface area contributed by atoms with Crippen LogP contribution < -0.4 is 0 Å². The van der Waals surface area contributed by atoms with Crippen LogP contribution in [0.15, 0.2) is 0 Å².